The molecule has 2 N–H and O–H groups in total. The highest BCUT2D eigenvalue weighted by Crippen LogP contribution is 2.16. The Morgan fingerprint density at radius 2 is 2.28 bits per heavy atom. The molecule has 2 rings (SSSR count). The van der Waals surface area contributed by atoms with Crippen LogP contribution < -0.4 is 5.73 Å². The fraction of sp³-hybridized carbons (Fsp3) is 0.308. The van der Waals surface area contributed by atoms with Crippen LogP contribution >= 0.6 is 11.6 Å². The minimum atomic E-state index is -0.303. The average molecular weight is 268 g/mol. The van der Waals surface area contributed by atoms with Crippen molar-refractivity contribution in [3.05, 3.63) is 52.8 Å². The zero-order chi connectivity index (χ0) is 13.1. The van der Waals surface area contributed by atoms with Crippen LogP contribution in [0.4, 0.5) is 4.39 Å². The summed E-state index contributed by atoms with van der Waals surface area (Å²) in [6, 6.07) is 4.72. The molecule has 1 atom stereocenters. The average Bonchev–Trinajstić information content (AvgIpc) is 2.69. The molecule has 1 aromatic heterocycles. The fourth-order valence-corrected chi connectivity index (χ4v) is 1.95. The molecule has 0 radical (unpaired) electrons. The first-order valence-corrected chi connectivity index (χ1v) is 6.13. The number of benzene rings is 1. The Labute approximate surface area is 110 Å². The van der Waals surface area contributed by atoms with Gasteiger partial charge in [-0.1, -0.05) is 17.7 Å². The predicted octanol–water partition coefficient (Wildman–Crippen LogP) is 2.61. The first kappa shape index (κ1) is 13.1. The van der Waals surface area contributed by atoms with Gasteiger partial charge in [0, 0.05) is 35.4 Å². The number of rotatable bonds is 4. The maximum absolute atomic E-state index is 13.7. The Morgan fingerprint density at radius 3 is 2.94 bits per heavy atom. The van der Waals surface area contributed by atoms with Gasteiger partial charge in [0.05, 0.1) is 6.54 Å². The molecule has 5 heteroatoms. The Bertz CT molecular complexity index is 537. The molecule has 0 aliphatic rings. The maximum Gasteiger partial charge on any atom is 0.129 e. The molecule has 0 aliphatic heterocycles. The molecule has 0 spiro atoms. The Kier molecular flexibility index (Phi) is 3.99. The van der Waals surface area contributed by atoms with Gasteiger partial charge in [-0.15, -0.1) is 0 Å². The highest BCUT2D eigenvalue weighted by molar-refractivity contribution is 6.30. The fourth-order valence-electron chi connectivity index (χ4n) is 1.80. The molecule has 1 unspecified atom stereocenters. The quantitative estimate of drug-likeness (QED) is 0.925. The summed E-state index contributed by atoms with van der Waals surface area (Å²) in [6.45, 7) is 2.35. The van der Waals surface area contributed by atoms with Crippen LogP contribution in [0.1, 0.15) is 18.3 Å². The van der Waals surface area contributed by atoms with Gasteiger partial charge in [0.2, 0.25) is 0 Å². The normalized spacial score (nSPS) is 12.7. The summed E-state index contributed by atoms with van der Waals surface area (Å²) in [5.74, 6) is 0.558. The van der Waals surface area contributed by atoms with Gasteiger partial charge < -0.3 is 10.3 Å². The van der Waals surface area contributed by atoms with Crippen molar-refractivity contribution in [1.82, 2.24) is 9.55 Å². The standard InChI is InChI=1S/C13H15ClFN3/c1-9(16)6-13-17-4-5-18(13)8-10-2-3-11(14)7-12(10)15/h2-5,7,9H,6,8,16H2,1H3. The number of nitrogens with zero attached hydrogens (tertiary/aromatic N) is 2. The van der Waals surface area contributed by atoms with E-state index < -0.39 is 0 Å². The Balaban J connectivity index is 2.21. The van der Waals surface area contributed by atoms with Crippen molar-refractivity contribution in [3.63, 3.8) is 0 Å². The van der Waals surface area contributed by atoms with Crippen molar-refractivity contribution >= 4 is 11.6 Å². The van der Waals surface area contributed by atoms with E-state index in [2.05, 4.69) is 4.98 Å². The zero-order valence-corrected chi connectivity index (χ0v) is 10.9. The molecule has 2 aromatic rings. The summed E-state index contributed by atoms with van der Waals surface area (Å²) in [4.78, 5) is 4.23. The van der Waals surface area contributed by atoms with E-state index in [-0.39, 0.29) is 11.9 Å². The molecule has 0 saturated carbocycles. The summed E-state index contributed by atoms with van der Waals surface area (Å²) < 4.78 is 15.6. The lowest BCUT2D eigenvalue weighted by Crippen LogP contribution is -2.20. The van der Waals surface area contributed by atoms with Crippen molar-refractivity contribution in [2.45, 2.75) is 25.9 Å². The smallest absolute Gasteiger partial charge is 0.129 e. The van der Waals surface area contributed by atoms with Crippen LogP contribution in [0.15, 0.2) is 30.6 Å². The highest BCUT2D eigenvalue weighted by atomic mass is 35.5. The number of aromatic nitrogens is 2. The van der Waals surface area contributed by atoms with E-state index in [0.717, 1.165) is 5.82 Å². The molecule has 0 amide bonds. The lowest BCUT2D eigenvalue weighted by molar-refractivity contribution is 0.588. The first-order valence-electron chi connectivity index (χ1n) is 5.76. The van der Waals surface area contributed by atoms with Crippen molar-refractivity contribution < 1.29 is 4.39 Å². The molecular formula is C13H15ClFN3. The van der Waals surface area contributed by atoms with Crippen LogP contribution in [0.3, 0.4) is 0 Å². The van der Waals surface area contributed by atoms with Crippen molar-refractivity contribution in [3.8, 4) is 0 Å². The van der Waals surface area contributed by atoms with Gasteiger partial charge in [0.25, 0.3) is 0 Å². The second-order valence-corrected chi connectivity index (χ2v) is 4.82. The van der Waals surface area contributed by atoms with Crippen LogP contribution in [0.25, 0.3) is 0 Å². The van der Waals surface area contributed by atoms with E-state index in [1.165, 1.54) is 6.07 Å². The summed E-state index contributed by atoms with van der Waals surface area (Å²) in [7, 11) is 0. The number of hydrogen-bond acceptors (Lipinski definition) is 2. The highest BCUT2D eigenvalue weighted by Gasteiger charge is 2.09. The van der Waals surface area contributed by atoms with Crippen molar-refractivity contribution in [1.29, 1.82) is 0 Å². The lowest BCUT2D eigenvalue weighted by atomic mass is 10.2. The summed E-state index contributed by atoms with van der Waals surface area (Å²) in [5.41, 5.74) is 6.34. The van der Waals surface area contributed by atoms with E-state index in [1.807, 2.05) is 17.7 Å². The van der Waals surface area contributed by atoms with Gasteiger partial charge in [-0.3, -0.25) is 0 Å². The van der Waals surface area contributed by atoms with E-state index >= 15 is 0 Å². The predicted molar refractivity (Wildman–Crippen MR) is 70.1 cm³/mol. The summed E-state index contributed by atoms with van der Waals surface area (Å²) >= 11 is 5.72. The molecule has 3 nitrogen and oxygen atoms in total. The topological polar surface area (TPSA) is 43.8 Å². The number of halogens is 2. The minimum absolute atomic E-state index is 0.0289. The second kappa shape index (κ2) is 5.50. The SMILES string of the molecule is CC(N)Cc1nccn1Cc1ccc(Cl)cc1F. The third kappa shape index (κ3) is 3.09. The van der Waals surface area contributed by atoms with Crippen LogP contribution in [-0.2, 0) is 13.0 Å². The van der Waals surface area contributed by atoms with E-state index in [4.69, 9.17) is 17.3 Å². The van der Waals surface area contributed by atoms with E-state index in [1.54, 1.807) is 18.3 Å². The van der Waals surface area contributed by atoms with Crippen LogP contribution in [-0.4, -0.2) is 15.6 Å². The molecule has 96 valence electrons. The minimum Gasteiger partial charge on any atom is -0.330 e. The molecule has 1 aromatic carbocycles. The van der Waals surface area contributed by atoms with Crippen LogP contribution in [0, 0.1) is 5.82 Å². The van der Waals surface area contributed by atoms with Gasteiger partial charge in [0.1, 0.15) is 11.6 Å². The monoisotopic (exact) mass is 267 g/mol. The Morgan fingerprint density at radius 1 is 1.50 bits per heavy atom. The second-order valence-electron chi connectivity index (χ2n) is 4.39. The number of nitrogens with two attached hydrogens (primary N) is 1. The number of hydrogen-bond donors (Lipinski definition) is 1. The Hall–Kier alpha value is -1.39. The van der Waals surface area contributed by atoms with Gasteiger partial charge in [-0.2, -0.15) is 0 Å². The van der Waals surface area contributed by atoms with Crippen molar-refractivity contribution in [2.24, 2.45) is 5.73 Å². The third-order valence-corrected chi connectivity index (χ3v) is 2.90. The van der Waals surface area contributed by atoms with Gasteiger partial charge in [-0.05, 0) is 19.1 Å². The third-order valence-electron chi connectivity index (χ3n) is 2.66. The summed E-state index contributed by atoms with van der Waals surface area (Å²) in [5, 5.41) is 0.401. The zero-order valence-electron chi connectivity index (χ0n) is 10.1. The molecule has 0 bridgehead atoms. The van der Waals surface area contributed by atoms with Gasteiger partial charge in [-0.25, -0.2) is 9.37 Å². The maximum atomic E-state index is 13.7. The van der Waals surface area contributed by atoms with E-state index in [0.29, 0.717) is 23.6 Å². The van der Waals surface area contributed by atoms with Gasteiger partial charge >= 0.3 is 0 Å². The molecule has 0 fully saturated rings. The van der Waals surface area contributed by atoms with Gasteiger partial charge in [0.15, 0.2) is 0 Å². The van der Waals surface area contributed by atoms with Crippen LogP contribution in [0.2, 0.25) is 5.02 Å². The van der Waals surface area contributed by atoms with E-state index in [9.17, 15) is 4.39 Å². The number of imidazole rings is 1. The van der Waals surface area contributed by atoms with Crippen LogP contribution in [0.5, 0.6) is 0 Å². The molecule has 1 heterocycles. The molecular weight excluding hydrogens is 253 g/mol. The summed E-state index contributed by atoms with van der Waals surface area (Å²) in [6.07, 6.45) is 4.19. The molecule has 18 heavy (non-hydrogen) atoms. The lowest BCUT2D eigenvalue weighted by Gasteiger charge is -2.10. The molecule has 0 aliphatic carbocycles. The first-order chi connectivity index (χ1) is 8.56. The van der Waals surface area contributed by atoms with Crippen molar-refractivity contribution in [2.75, 3.05) is 0 Å². The molecule has 0 saturated heterocycles. The largest absolute Gasteiger partial charge is 0.330 e.